The molecule has 0 aliphatic heterocycles. The number of hydrogen-bond donors (Lipinski definition) is 2. The van der Waals surface area contributed by atoms with Crippen LogP contribution in [-0.4, -0.2) is 6.54 Å². The molecule has 0 atom stereocenters. The summed E-state index contributed by atoms with van der Waals surface area (Å²) in [5.41, 5.74) is 7.02. The number of benzene rings is 1. The largest absolute Gasteiger partial charge is 0.397 e. The number of halogens is 1. The van der Waals surface area contributed by atoms with Gasteiger partial charge in [0.1, 0.15) is 5.82 Å². The lowest BCUT2D eigenvalue weighted by molar-refractivity contribution is 0.628. The second kappa shape index (κ2) is 3.86. The van der Waals surface area contributed by atoms with Gasteiger partial charge in [-0.25, -0.2) is 4.39 Å². The zero-order valence-corrected chi connectivity index (χ0v) is 8.09. The first kappa shape index (κ1) is 9.31. The molecule has 0 amide bonds. The molecule has 0 spiro atoms. The summed E-state index contributed by atoms with van der Waals surface area (Å²) < 4.78 is 12.8. The zero-order chi connectivity index (χ0) is 9.97. The Balaban J connectivity index is 1.89. The van der Waals surface area contributed by atoms with Gasteiger partial charge in [-0.2, -0.15) is 0 Å². The lowest BCUT2D eigenvalue weighted by Crippen LogP contribution is -2.05. The van der Waals surface area contributed by atoms with E-state index in [1.54, 1.807) is 6.07 Å². The number of hydrogen-bond acceptors (Lipinski definition) is 2. The molecule has 0 unspecified atom stereocenters. The molecule has 1 aromatic carbocycles. The summed E-state index contributed by atoms with van der Waals surface area (Å²) in [6.45, 7) is 0.887. The minimum Gasteiger partial charge on any atom is -0.397 e. The van der Waals surface area contributed by atoms with Gasteiger partial charge in [0.15, 0.2) is 0 Å². The van der Waals surface area contributed by atoms with Crippen LogP contribution in [0.25, 0.3) is 0 Å². The van der Waals surface area contributed by atoms with Gasteiger partial charge in [-0.05, 0) is 30.5 Å². The van der Waals surface area contributed by atoms with E-state index in [4.69, 9.17) is 5.73 Å². The van der Waals surface area contributed by atoms with E-state index >= 15 is 0 Å². The molecule has 0 heterocycles. The highest BCUT2D eigenvalue weighted by molar-refractivity contribution is 5.65. The summed E-state index contributed by atoms with van der Waals surface area (Å²) in [7, 11) is 0. The smallest absolute Gasteiger partial charge is 0.125 e. The summed E-state index contributed by atoms with van der Waals surface area (Å²) in [4.78, 5) is 0. The maximum absolute atomic E-state index is 12.8. The monoisotopic (exact) mass is 194 g/mol. The van der Waals surface area contributed by atoms with E-state index in [0.29, 0.717) is 11.4 Å². The summed E-state index contributed by atoms with van der Waals surface area (Å²) in [6, 6.07) is 4.42. The maximum Gasteiger partial charge on any atom is 0.125 e. The second-order valence-corrected chi connectivity index (χ2v) is 3.89. The van der Waals surface area contributed by atoms with Gasteiger partial charge in [0.2, 0.25) is 0 Å². The van der Waals surface area contributed by atoms with Crippen LogP contribution in [0.2, 0.25) is 0 Å². The first-order valence-electron chi connectivity index (χ1n) is 5.04. The predicted molar refractivity (Wildman–Crippen MR) is 56.6 cm³/mol. The number of nitrogens with two attached hydrogens (primary N) is 1. The standard InChI is InChI=1S/C11H15FN2/c12-9-3-4-10(13)11(7-9)14-6-5-8-1-2-8/h3-4,7-8,14H,1-2,5-6,13H2. The molecule has 1 aliphatic carbocycles. The third kappa shape index (κ3) is 2.37. The lowest BCUT2D eigenvalue weighted by atomic mass is 10.2. The molecule has 14 heavy (non-hydrogen) atoms. The Bertz CT molecular complexity index is 321. The minimum absolute atomic E-state index is 0.242. The van der Waals surface area contributed by atoms with Gasteiger partial charge in [-0.1, -0.05) is 12.8 Å². The molecule has 3 N–H and O–H groups in total. The van der Waals surface area contributed by atoms with Crippen LogP contribution in [0.5, 0.6) is 0 Å². The topological polar surface area (TPSA) is 38.0 Å². The molecule has 76 valence electrons. The van der Waals surface area contributed by atoms with Crippen LogP contribution in [0.1, 0.15) is 19.3 Å². The van der Waals surface area contributed by atoms with Crippen molar-refractivity contribution in [3.8, 4) is 0 Å². The van der Waals surface area contributed by atoms with Crippen LogP contribution in [0.15, 0.2) is 18.2 Å². The molecular formula is C11H15FN2. The fourth-order valence-corrected chi connectivity index (χ4v) is 1.50. The van der Waals surface area contributed by atoms with E-state index in [0.717, 1.165) is 18.9 Å². The summed E-state index contributed by atoms with van der Waals surface area (Å²) >= 11 is 0. The van der Waals surface area contributed by atoms with Gasteiger partial charge in [-0.3, -0.25) is 0 Å². The molecule has 0 saturated heterocycles. The van der Waals surface area contributed by atoms with Crippen LogP contribution in [0, 0.1) is 11.7 Å². The van der Waals surface area contributed by atoms with Gasteiger partial charge in [0, 0.05) is 6.54 Å². The van der Waals surface area contributed by atoms with Crippen LogP contribution in [-0.2, 0) is 0 Å². The Morgan fingerprint density at radius 3 is 2.93 bits per heavy atom. The lowest BCUT2D eigenvalue weighted by Gasteiger charge is -2.08. The van der Waals surface area contributed by atoms with E-state index < -0.39 is 0 Å². The number of anilines is 2. The Morgan fingerprint density at radius 1 is 1.43 bits per heavy atom. The van der Waals surface area contributed by atoms with E-state index in [9.17, 15) is 4.39 Å². The number of nitrogen functional groups attached to an aromatic ring is 1. The first-order valence-corrected chi connectivity index (χ1v) is 5.04. The van der Waals surface area contributed by atoms with Crippen molar-refractivity contribution >= 4 is 11.4 Å². The molecule has 0 bridgehead atoms. The quantitative estimate of drug-likeness (QED) is 0.723. The van der Waals surface area contributed by atoms with Crippen molar-refractivity contribution in [3.05, 3.63) is 24.0 Å². The van der Waals surface area contributed by atoms with Crippen LogP contribution in [0.3, 0.4) is 0 Å². The fourth-order valence-electron chi connectivity index (χ4n) is 1.50. The third-order valence-corrected chi connectivity index (χ3v) is 2.58. The van der Waals surface area contributed by atoms with Crippen molar-refractivity contribution in [2.24, 2.45) is 5.92 Å². The maximum atomic E-state index is 12.8. The summed E-state index contributed by atoms with van der Waals surface area (Å²) in [5.74, 6) is 0.644. The Kier molecular flexibility index (Phi) is 2.57. The van der Waals surface area contributed by atoms with E-state index in [-0.39, 0.29) is 5.82 Å². The van der Waals surface area contributed by atoms with Crippen molar-refractivity contribution < 1.29 is 4.39 Å². The predicted octanol–water partition coefficient (Wildman–Crippen LogP) is 2.62. The first-order chi connectivity index (χ1) is 6.75. The molecule has 0 radical (unpaired) electrons. The molecule has 2 rings (SSSR count). The molecule has 3 heteroatoms. The normalized spacial score (nSPS) is 15.5. The van der Waals surface area contributed by atoms with Crippen molar-refractivity contribution in [2.75, 3.05) is 17.6 Å². The Labute approximate surface area is 83.3 Å². The molecule has 1 saturated carbocycles. The van der Waals surface area contributed by atoms with Crippen molar-refractivity contribution in [1.29, 1.82) is 0 Å². The fraction of sp³-hybridized carbons (Fsp3) is 0.455. The van der Waals surface area contributed by atoms with Gasteiger partial charge in [0.25, 0.3) is 0 Å². The summed E-state index contributed by atoms with van der Waals surface area (Å²) in [6.07, 6.45) is 3.86. The van der Waals surface area contributed by atoms with Gasteiger partial charge in [-0.15, -0.1) is 0 Å². The van der Waals surface area contributed by atoms with Crippen molar-refractivity contribution in [3.63, 3.8) is 0 Å². The van der Waals surface area contributed by atoms with Crippen LogP contribution >= 0.6 is 0 Å². The number of rotatable bonds is 4. The average Bonchev–Trinajstić information content (AvgIpc) is 2.95. The van der Waals surface area contributed by atoms with Gasteiger partial charge >= 0.3 is 0 Å². The highest BCUT2D eigenvalue weighted by atomic mass is 19.1. The second-order valence-electron chi connectivity index (χ2n) is 3.89. The van der Waals surface area contributed by atoms with E-state index in [1.165, 1.54) is 25.0 Å². The van der Waals surface area contributed by atoms with Crippen LogP contribution in [0.4, 0.5) is 15.8 Å². The third-order valence-electron chi connectivity index (χ3n) is 2.58. The zero-order valence-electron chi connectivity index (χ0n) is 8.09. The molecule has 0 aromatic heterocycles. The molecule has 2 nitrogen and oxygen atoms in total. The molecule has 1 aromatic rings. The van der Waals surface area contributed by atoms with Gasteiger partial charge < -0.3 is 11.1 Å². The van der Waals surface area contributed by atoms with E-state index in [2.05, 4.69) is 5.32 Å². The van der Waals surface area contributed by atoms with Crippen molar-refractivity contribution in [1.82, 2.24) is 0 Å². The highest BCUT2D eigenvalue weighted by Crippen LogP contribution is 2.32. The summed E-state index contributed by atoms with van der Waals surface area (Å²) in [5, 5.41) is 3.16. The van der Waals surface area contributed by atoms with Crippen LogP contribution < -0.4 is 11.1 Å². The molecule has 1 fully saturated rings. The van der Waals surface area contributed by atoms with Gasteiger partial charge in [0.05, 0.1) is 11.4 Å². The SMILES string of the molecule is Nc1ccc(F)cc1NCCC1CC1. The Hall–Kier alpha value is -1.25. The van der Waals surface area contributed by atoms with Crippen molar-refractivity contribution in [2.45, 2.75) is 19.3 Å². The number of nitrogens with one attached hydrogen (secondary N) is 1. The highest BCUT2D eigenvalue weighted by Gasteiger charge is 2.20. The minimum atomic E-state index is -0.242. The molecular weight excluding hydrogens is 179 g/mol. The van der Waals surface area contributed by atoms with E-state index in [1.807, 2.05) is 0 Å². The Morgan fingerprint density at radius 2 is 2.21 bits per heavy atom. The molecule has 1 aliphatic rings. The average molecular weight is 194 g/mol.